The highest BCUT2D eigenvalue weighted by atomic mass is 16.5. The SMILES string of the molecule is CCC[C@H](CC(=O)N1CC=C(C(=O)O)CC1)NC(=O)OCC1c2ccccc2-c2ccccc21. The summed E-state index contributed by atoms with van der Waals surface area (Å²) in [5.74, 6) is -1.06. The van der Waals surface area contributed by atoms with E-state index in [2.05, 4.69) is 29.6 Å². The Kier molecular flexibility index (Phi) is 7.30. The molecule has 2 aromatic carbocycles. The quantitative estimate of drug-likeness (QED) is 0.609. The first-order valence-electron chi connectivity index (χ1n) is 11.8. The van der Waals surface area contributed by atoms with E-state index in [0.717, 1.165) is 17.5 Å². The van der Waals surface area contributed by atoms with Crippen LogP contribution in [0.1, 0.15) is 49.7 Å². The van der Waals surface area contributed by atoms with Crippen molar-refractivity contribution in [2.45, 2.75) is 44.6 Å². The molecular formula is C27H30N2O5. The maximum atomic E-state index is 12.7. The molecule has 2 aliphatic rings. The third-order valence-corrected chi connectivity index (χ3v) is 6.56. The van der Waals surface area contributed by atoms with Crippen LogP contribution in [0.5, 0.6) is 0 Å². The van der Waals surface area contributed by atoms with Gasteiger partial charge in [0.15, 0.2) is 0 Å². The number of ether oxygens (including phenoxy) is 1. The third kappa shape index (κ3) is 5.14. The van der Waals surface area contributed by atoms with E-state index >= 15 is 0 Å². The molecule has 2 N–H and O–H groups in total. The topological polar surface area (TPSA) is 95.9 Å². The minimum Gasteiger partial charge on any atom is -0.478 e. The molecule has 1 aliphatic carbocycles. The maximum absolute atomic E-state index is 12.7. The van der Waals surface area contributed by atoms with Crippen molar-refractivity contribution in [2.24, 2.45) is 0 Å². The van der Waals surface area contributed by atoms with Gasteiger partial charge in [0, 0.05) is 37.0 Å². The summed E-state index contributed by atoms with van der Waals surface area (Å²) in [5.41, 5.74) is 4.98. The zero-order chi connectivity index (χ0) is 24.1. The van der Waals surface area contributed by atoms with Crippen LogP contribution < -0.4 is 5.32 Å². The summed E-state index contributed by atoms with van der Waals surface area (Å²) < 4.78 is 5.63. The number of carbonyl (C=O) groups is 3. The molecule has 0 radical (unpaired) electrons. The molecule has 1 aliphatic heterocycles. The van der Waals surface area contributed by atoms with E-state index in [-0.39, 0.29) is 37.4 Å². The second-order valence-electron chi connectivity index (χ2n) is 8.78. The van der Waals surface area contributed by atoms with Gasteiger partial charge in [-0.05, 0) is 35.1 Å². The van der Waals surface area contributed by atoms with Gasteiger partial charge in [0.05, 0.1) is 0 Å². The molecule has 1 atom stereocenters. The first-order valence-corrected chi connectivity index (χ1v) is 11.8. The molecule has 0 spiro atoms. The number of carboxylic acid groups (broad SMARTS) is 1. The van der Waals surface area contributed by atoms with E-state index < -0.39 is 12.1 Å². The average molecular weight is 463 g/mol. The predicted molar refractivity (Wildman–Crippen MR) is 128 cm³/mol. The Bertz CT molecular complexity index is 1060. The summed E-state index contributed by atoms with van der Waals surface area (Å²) >= 11 is 0. The molecule has 178 valence electrons. The highest BCUT2D eigenvalue weighted by molar-refractivity contribution is 5.87. The Hall–Kier alpha value is -3.61. The van der Waals surface area contributed by atoms with Crippen molar-refractivity contribution in [3.05, 3.63) is 71.3 Å². The predicted octanol–water partition coefficient (Wildman–Crippen LogP) is 4.33. The number of hydrogen-bond acceptors (Lipinski definition) is 4. The fourth-order valence-corrected chi connectivity index (χ4v) is 4.81. The summed E-state index contributed by atoms with van der Waals surface area (Å²) in [6.45, 7) is 2.88. The number of alkyl carbamates (subject to hydrolysis) is 1. The minimum atomic E-state index is -0.937. The smallest absolute Gasteiger partial charge is 0.407 e. The van der Waals surface area contributed by atoms with Crippen LogP contribution in [0.3, 0.4) is 0 Å². The van der Waals surface area contributed by atoms with E-state index in [4.69, 9.17) is 9.84 Å². The number of rotatable bonds is 8. The van der Waals surface area contributed by atoms with Crippen LogP contribution in [0, 0.1) is 0 Å². The van der Waals surface area contributed by atoms with Gasteiger partial charge in [-0.2, -0.15) is 0 Å². The summed E-state index contributed by atoms with van der Waals surface area (Å²) in [5, 5.41) is 12.0. The molecule has 2 amide bonds. The molecule has 0 aromatic heterocycles. The van der Waals surface area contributed by atoms with Gasteiger partial charge in [-0.15, -0.1) is 0 Å². The lowest BCUT2D eigenvalue weighted by atomic mass is 9.98. The number of benzene rings is 2. The van der Waals surface area contributed by atoms with E-state index in [0.29, 0.717) is 25.0 Å². The van der Waals surface area contributed by atoms with Crippen molar-refractivity contribution in [2.75, 3.05) is 19.7 Å². The molecule has 0 unspecified atom stereocenters. The van der Waals surface area contributed by atoms with Crippen LogP contribution in [-0.2, 0) is 14.3 Å². The van der Waals surface area contributed by atoms with Gasteiger partial charge in [0.25, 0.3) is 0 Å². The van der Waals surface area contributed by atoms with Crippen LogP contribution in [0.25, 0.3) is 11.1 Å². The fourth-order valence-electron chi connectivity index (χ4n) is 4.81. The molecule has 4 rings (SSSR count). The van der Waals surface area contributed by atoms with Crippen molar-refractivity contribution in [3.63, 3.8) is 0 Å². The number of hydrogen-bond donors (Lipinski definition) is 2. The van der Waals surface area contributed by atoms with Crippen molar-refractivity contribution in [3.8, 4) is 11.1 Å². The van der Waals surface area contributed by atoms with Gasteiger partial charge in [-0.25, -0.2) is 9.59 Å². The van der Waals surface area contributed by atoms with Crippen molar-refractivity contribution in [1.29, 1.82) is 0 Å². The van der Waals surface area contributed by atoms with Crippen LogP contribution >= 0.6 is 0 Å². The Morgan fingerprint density at radius 1 is 1.09 bits per heavy atom. The van der Waals surface area contributed by atoms with Gasteiger partial charge in [-0.3, -0.25) is 4.79 Å². The van der Waals surface area contributed by atoms with Crippen LogP contribution in [0.4, 0.5) is 4.79 Å². The van der Waals surface area contributed by atoms with E-state index in [1.807, 2.05) is 31.2 Å². The van der Waals surface area contributed by atoms with Crippen molar-refractivity contribution in [1.82, 2.24) is 10.2 Å². The van der Waals surface area contributed by atoms with Gasteiger partial charge < -0.3 is 20.1 Å². The molecule has 0 saturated heterocycles. The zero-order valence-corrected chi connectivity index (χ0v) is 19.3. The number of carbonyl (C=O) groups excluding carboxylic acids is 2. The third-order valence-electron chi connectivity index (χ3n) is 6.56. The van der Waals surface area contributed by atoms with E-state index in [1.54, 1.807) is 11.0 Å². The van der Waals surface area contributed by atoms with Gasteiger partial charge in [-0.1, -0.05) is 68.0 Å². The molecule has 7 nitrogen and oxygen atoms in total. The number of nitrogens with zero attached hydrogens (tertiary/aromatic N) is 1. The molecular weight excluding hydrogens is 432 g/mol. The molecule has 7 heteroatoms. The first kappa shape index (κ1) is 23.5. The number of fused-ring (bicyclic) bond motifs is 3. The van der Waals surface area contributed by atoms with Crippen molar-refractivity contribution < 1.29 is 24.2 Å². The summed E-state index contributed by atoms with van der Waals surface area (Å²) in [7, 11) is 0. The molecule has 0 fully saturated rings. The van der Waals surface area contributed by atoms with Crippen LogP contribution in [0.2, 0.25) is 0 Å². The molecule has 0 bridgehead atoms. The highest BCUT2D eigenvalue weighted by Crippen LogP contribution is 2.44. The Morgan fingerprint density at radius 3 is 2.29 bits per heavy atom. The summed E-state index contributed by atoms with van der Waals surface area (Å²) in [4.78, 5) is 38.1. The monoisotopic (exact) mass is 462 g/mol. The average Bonchev–Trinajstić information content (AvgIpc) is 3.16. The number of carboxylic acids is 1. The van der Waals surface area contributed by atoms with Crippen molar-refractivity contribution >= 4 is 18.0 Å². The first-order chi connectivity index (χ1) is 16.5. The van der Waals surface area contributed by atoms with Gasteiger partial charge in [0.1, 0.15) is 6.61 Å². The Labute approximate surface area is 199 Å². The zero-order valence-electron chi connectivity index (χ0n) is 19.3. The number of nitrogens with one attached hydrogen (secondary N) is 1. The van der Waals surface area contributed by atoms with Crippen LogP contribution in [0.15, 0.2) is 60.2 Å². The normalized spacial score (nSPS) is 15.7. The lowest BCUT2D eigenvalue weighted by Crippen LogP contribution is -2.42. The standard InChI is InChI=1S/C27H30N2O5/c1-2-7-19(16-25(30)29-14-12-18(13-15-29)26(31)32)28-27(33)34-17-24-22-10-5-3-8-20(22)21-9-4-6-11-23(21)24/h3-6,8-12,19,24H,2,7,13-17H2,1H3,(H,28,33)(H,31,32)/t19-/m1/s1. The Balaban J connectivity index is 1.34. The molecule has 0 saturated carbocycles. The molecule has 1 heterocycles. The molecule has 34 heavy (non-hydrogen) atoms. The molecule has 2 aromatic rings. The highest BCUT2D eigenvalue weighted by Gasteiger charge is 2.29. The van der Waals surface area contributed by atoms with E-state index in [9.17, 15) is 14.4 Å². The fraction of sp³-hybridized carbons (Fsp3) is 0.370. The second-order valence-corrected chi connectivity index (χ2v) is 8.78. The second kappa shape index (κ2) is 10.5. The summed E-state index contributed by atoms with van der Waals surface area (Å²) in [6, 6.07) is 16.0. The Morgan fingerprint density at radius 2 is 1.74 bits per heavy atom. The maximum Gasteiger partial charge on any atom is 0.407 e. The van der Waals surface area contributed by atoms with Crippen LogP contribution in [-0.4, -0.2) is 53.7 Å². The van der Waals surface area contributed by atoms with Gasteiger partial charge in [0.2, 0.25) is 5.91 Å². The lowest BCUT2D eigenvalue weighted by molar-refractivity contribution is -0.135. The number of aliphatic carboxylic acids is 1. The number of amides is 2. The minimum absolute atomic E-state index is 0.0204. The largest absolute Gasteiger partial charge is 0.478 e. The lowest BCUT2D eigenvalue weighted by Gasteiger charge is -2.27. The van der Waals surface area contributed by atoms with Gasteiger partial charge >= 0.3 is 12.1 Å². The summed E-state index contributed by atoms with van der Waals surface area (Å²) in [6.07, 6.45) is 3.01. The van der Waals surface area contributed by atoms with E-state index in [1.165, 1.54) is 11.1 Å².